The lowest BCUT2D eigenvalue weighted by molar-refractivity contribution is 0.0583. The zero-order valence-corrected chi connectivity index (χ0v) is 19.3. The summed E-state index contributed by atoms with van der Waals surface area (Å²) in [4.78, 5) is 27.7. The summed E-state index contributed by atoms with van der Waals surface area (Å²) < 4.78 is 13.4. The van der Waals surface area contributed by atoms with Crippen LogP contribution in [-0.2, 0) is 6.54 Å². The van der Waals surface area contributed by atoms with Crippen LogP contribution in [0.25, 0.3) is 0 Å². The molecule has 0 aromatic heterocycles. The third kappa shape index (κ3) is 5.92. The van der Waals surface area contributed by atoms with E-state index in [-0.39, 0.29) is 23.6 Å². The number of halogens is 1. The lowest BCUT2D eigenvalue weighted by Gasteiger charge is -2.38. The first-order valence-electron chi connectivity index (χ1n) is 11.7. The van der Waals surface area contributed by atoms with Crippen molar-refractivity contribution >= 4 is 17.5 Å². The number of rotatable bonds is 6. The molecule has 3 aromatic rings. The minimum Gasteiger partial charge on any atom is -0.330 e. The highest BCUT2D eigenvalue weighted by molar-refractivity contribution is 6.04. The summed E-state index contributed by atoms with van der Waals surface area (Å²) in [6.07, 6.45) is 3.77. The maximum atomic E-state index is 13.5. The van der Waals surface area contributed by atoms with E-state index in [9.17, 15) is 14.0 Å². The Bertz CT molecular complexity index is 1240. The number of amides is 2. The van der Waals surface area contributed by atoms with Crippen LogP contribution in [0.3, 0.4) is 0 Å². The first kappa shape index (κ1) is 24.1. The number of hydrogen-bond donors (Lipinski definition) is 2. The number of benzene rings is 3. The molecule has 7 heteroatoms. The number of carbonyl (C=O) groups excluding carboxylic acids is 2. The highest BCUT2D eigenvalue weighted by atomic mass is 19.1. The summed E-state index contributed by atoms with van der Waals surface area (Å²) in [5.74, 6) is -0.996. The molecule has 0 radical (unpaired) electrons. The normalized spacial score (nSPS) is 17.3. The average molecular weight is 471 g/mol. The van der Waals surface area contributed by atoms with E-state index in [1.54, 1.807) is 42.5 Å². The van der Waals surface area contributed by atoms with E-state index in [4.69, 9.17) is 11.0 Å². The monoisotopic (exact) mass is 470 g/mol. The maximum Gasteiger partial charge on any atom is 0.255 e. The van der Waals surface area contributed by atoms with Gasteiger partial charge in [0.05, 0.1) is 11.6 Å². The van der Waals surface area contributed by atoms with Crippen molar-refractivity contribution in [2.75, 3.05) is 5.32 Å². The van der Waals surface area contributed by atoms with E-state index in [0.717, 1.165) is 31.2 Å². The van der Waals surface area contributed by atoms with Crippen LogP contribution in [0.2, 0.25) is 0 Å². The average Bonchev–Trinajstić information content (AvgIpc) is 2.88. The summed E-state index contributed by atoms with van der Waals surface area (Å²) in [7, 11) is 0. The van der Waals surface area contributed by atoms with Gasteiger partial charge in [-0.15, -0.1) is 0 Å². The number of anilines is 1. The third-order valence-corrected chi connectivity index (χ3v) is 6.36. The van der Waals surface area contributed by atoms with Crippen LogP contribution < -0.4 is 11.1 Å². The fourth-order valence-electron chi connectivity index (χ4n) is 4.44. The molecule has 3 N–H and O–H groups in total. The molecule has 2 atom stereocenters. The van der Waals surface area contributed by atoms with Gasteiger partial charge in [-0.25, -0.2) is 4.39 Å². The minimum atomic E-state index is -0.471. The molecule has 4 rings (SSSR count). The molecule has 0 bridgehead atoms. The smallest absolute Gasteiger partial charge is 0.255 e. The zero-order chi connectivity index (χ0) is 24.8. The van der Waals surface area contributed by atoms with Crippen molar-refractivity contribution in [2.24, 2.45) is 5.73 Å². The molecule has 1 aliphatic rings. The van der Waals surface area contributed by atoms with Gasteiger partial charge >= 0.3 is 0 Å². The third-order valence-electron chi connectivity index (χ3n) is 6.36. The summed E-state index contributed by atoms with van der Waals surface area (Å²) in [5, 5.41) is 11.8. The largest absolute Gasteiger partial charge is 0.330 e. The molecule has 0 saturated heterocycles. The van der Waals surface area contributed by atoms with Gasteiger partial charge in [0.1, 0.15) is 5.82 Å². The Labute approximate surface area is 204 Å². The minimum absolute atomic E-state index is 0.0840. The summed E-state index contributed by atoms with van der Waals surface area (Å²) in [6.45, 7) is 0.370. The highest BCUT2D eigenvalue weighted by Crippen LogP contribution is 2.26. The summed E-state index contributed by atoms with van der Waals surface area (Å²) >= 11 is 0. The molecule has 0 spiro atoms. The van der Waals surface area contributed by atoms with Gasteiger partial charge in [-0.3, -0.25) is 9.59 Å². The molecule has 35 heavy (non-hydrogen) atoms. The van der Waals surface area contributed by atoms with Gasteiger partial charge in [0.2, 0.25) is 0 Å². The molecule has 6 nitrogen and oxygen atoms in total. The molecule has 2 unspecified atom stereocenters. The molecule has 1 fully saturated rings. The van der Waals surface area contributed by atoms with Gasteiger partial charge in [0, 0.05) is 35.4 Å². The van der Waals surface area contributed by atoms with Crippen LogP contribution in [0.4, 0.5) is 10.1 Å². The molecule has 3 aromatic carbocycles. The number of hydrogen-bond acceptors (Lipinski definition) is 4. The topological polar surface area (TPSA) is 99.2 Å². The molecular formula is C28H27FN4O2. The van der Waals surface area contributed by atoms with Crippen LogP contribution >= 0.6 is 0 Å². The lowest BCUT2D eigenvalue weighted by Crippen LogP contribution is -2.51. The molecule has 0 heterocycles. The Hall–Kier alpha value is -4.02. The molecule has 178 valence electrons. The summed E-state index contributed by atoms with van der Waals surface area (Å²) in [5.41, 5.74) is 9.15. The molecule has 0 aliphatic heterocycles. The van der Waals surface area contributed by atoms with Crippen LogP contribution in [0.5, 0.6) is 0 Å². The van der Waals surface area contributed by atoms with E-state index in [1.807, 2.05) is 17.0 Å². The quantitative estimate of drug-likeness (QED) is 0.537. The van der Waals surface area contributed by atoms with Crippen LogP contribution in [0.1, 0.15) is 57.5 Å². The van der Waals surface area contributed by atoms with Crippen molar-refractivity contribution in [3.05, 3.63) is 101 Å². The van der Waals surface area contributed by atoms with Gasteiger partial charge in [-0.1, -0.05) is 31.0 Å². The van der Waals surface area contributed by atoms with Crippen molar-refractivity contribution in [2.45, 2.75) is 44.3 Å². The van der Waals surface area contributed by atoms with Crippen LogP contribution in [0.15, 0.2) is 72.8 Å². The fourth-order valence-corrected chi connectivity index (χ4v) is 4.44. The van der Waals surface area contributed by atoms with Crippen LogP contribution in [0, 0.1) is 17.1 Å². The Morgan fingerprint density at radius 2 is 1.71 bits per heavy atom. The van der Waals surface area contributed by atoms with Gasteiger partial charge in [-0.05, 0) is 73.0 Å². The Morgan fingerprint density at radius 3 is 2.37 bits per heavy atom. The maximum absolute atomic E-state index is 13.5. The second-order valence-electron chi connectivity index (χ2n) is 8.80. The van der Waals surface area contributed by atoms with Crippen molar-refractivity contribution in [1.29, 1.82) is 5.26 Å². The van der Waals surface area contributed by atoms with Gasteiger partial charge < -0.3 is 16.0 Å². The second-order valence-corrected chi connectivity index (χ2v) is 8.80. The number of nitriles is 1. The van der Waals surface area contributed by atoms with E-state index in [2.05, 4.69) is 11.4 Å². The standard InChI is InChI=1S/C28H27FN4O2/c29-23-5-3-4-22(16-23)27(34)32-24-14-10-20(11-15-24)18-33(26-7-2-1-6-25(26)31)28(35)21-12-8-19(17-30)9-13-21/h3-5,8-16,25-26H,1-2,6-7,18,31H2,(H,32,34). The van der Waals surface area contributed by atoms with Gasteiger partial charge in [-0.2, -0.15) is 5.26 Å². The van der Waals surface area contributed by atoms with E-state index < -0.39 is 11.7 Å². The van der Waals surface area contributed by atoms with Gasteiger partial charge in [0.25, 0.3) is 11.8 Å². The molecule has 1 saturated carbocycles. The Balaban J connectivity index is 1.51. The van der Waals surface area contributed by atoms with Crippen molar-refractivity contribution in [3.8, 4) is 6.07 Å². The van der Waals surface area contributed by atoms with Crippen molar-refractivity contribution < 1.29 is 14.0 Å². The Kier molecular flexibility index (Phi) is 7.54. The van der Waals surface area contributed by atoms with Crippen molar-refractivity contribution in [1.82, 2.24) is 4.90 Å². The predicted octanol–water partition coefficient (Wildman–Crippen LogP) is 4.86. The van der Waals surface area contributed by atoms with Crippen molar-refractivity contribution in [3.63, 3.8) is 0 Å². The van der Waals surface area contributed by atoms with E-state index in [1.165, 1.54) is 18.2 Å². The van der Waals surface area contributed by atoms with Gasteiger partial charge in [0.15, 0.2) is 0 Å². The molecule has 2 amide bonds. The molecular weight excluding hydrogens is 443 g/mol. The molecule has 1 aliphatic carbocycles. The number of nitrogens with zero attached hydrogens (tertiary/aromatic N) is 2. The fraction of sp³-hybridized carbons (Fsp3) is 0.250. The van der Waals surface area contributed by atoms with Crippen LogP contribution in [-0.4, -0.2) is 28.8 Å². The number of nitrogens with two attached hydrogens (primary N) is 1. The SMILES string of the molecule is N#Cc1ccc(C(=O)N(Cc2ccc(NC(=O)c3cccc(F)c3)cc2)C2CCCCC2N)cc1. The first-order chi connectivity index (χ1) is 16.9. The van der Waals surface area contributed by atoms with E-state index >= 15 is 0 Å². The Morgan fingerprint density at radius 1 is 1.00 bits per heavy atom. The second kappa shape index (κ2) is 10.9. The van der Waals surface area contributed by atoms with E-state index in [0.29, 0.717) is 23.4 Å². The zero-order valence-electron chi connectivity index (χ0n) is 19.3. The highest BCUT2D eigenvalue weighted by Gasteiger charge is 2.31. The lowest BCUT2D eigenvalue weighted by atomic mass is 9.89. The first-order valence-corrected chi connectivity index (χ1v) is 11.7. The number of nitrogens with one attached hydrogen (secondary N) is 1. The number of carbonyl (C=O) groups is 2. The summed E-state index contributed by atoms with van der Waals surface area (Å²) in [6, 6.07) is 21.3. The predicted molar refractivity (Wildman–Crippen MR) is 132 cm³/mol.